The molecule has 22 heavy (non-hydrogen) atoms. The van der Waals surface area contributed by atoms with Crippen LogP contribution in [0.4, 0.5) is 0 Å². The summed E-state index contributed by atoms with van der Waals surface area (Å²) < 4.78 is 0. The predicted molar refractivity (Wildman–Crippen MR) is 76.9 cm³/mol. The quantitative estimate of drug-likeness (QED) is 0.406. The van der Waals surface area contributed by atoms with Gasteiger partial charge in [0.15, 0.2) is 0 Å². The number of carbonyl (C=O) groups is 2. The molecule has 0 atom stereocenters. The molecular weight excluding hydrogens is 362 g/mol. The summed E-state index contributed by atoms with van der Waals surface area (Å²) in [6, 6.07) is 0. The van der Waals surface area contributed by atoms with Crippen molar-refractivity contribution in [3.05, 3.63) is 54.8 Å². The van der Waals surface area contributed by atoms with E-state index < -0.39 is 28.0 Å². The molecule has 0 aliphatic carbocycles. The second-order valence-corrected chi connectivity index (χ2v) is 4.45. The number of carboxylic acids is 1. The van der Waals surface area contributed by atoms with E-state index in [9.17, 15) is 19.2 Å². The van der Waals surface area contributed by atoms with Crippen molar-refractivity contribution in [2.45, 2.75) is 0 Å². The molecule has 116 valence electrons. The summed E-state index contributed by atoms with van der Waals surface area (Å²) in [5.41, 5.74) is -2.05. The van der Waals surface area contributed by atoms with E-state index in [-0.39, 0.29) is 16.0 Å². The Morgan fingerprint density at radius 3 is 2.27 bits per heavy atom. The SMILES string of the molecule is O=C(Cl)c1cnc(Cl)nc1Cl.O=C(O)c1c[nH]c(=O)[nH]c1=O. The van der Waals surface area contributed by atoms with Crippen LogP contribution in [0.2, 0.25) is 10.4 Å². The molecule has 2 rings (SSSR count). The van der Waals surface area contributed by atoms with Gasteiger partial charge in [0.2, 0.25) is 5.28 Å². The smallest absolute Gasteiger partial charge is 0.342 e. The fraction of sp³-hybridized carbons (Fsp3) is 0. The number of nitrogens with one attached hydrogen (secondary N) is 2. The Morgan fingerprint density at radius 1 is 1.18 bits per heavy atom. The molecule has 0 spiro atoms. The van der Waals surface area contributed by atoms with E-state index in [1.54, 1.807) is 4.98 Å². The molecule has 0 aliphatic heterocycles. The highest BCUT2D eigenvalue weighted by Crippen LogP contribution is 2.15. The Balaban J connectivity index is 0.000000220. The number of aromatic amines is 2. The average molecular weight is 368 g/mol. The van der Waals surface area contributed by atoms with Crippen molar-refractivity contribution in [3.8, 4) is 0 Å². The molecule has 0 radical (unpaired) electrons. The normalized spacial score (nSPS) is 9.59. The van der Waals surface area contributed by atoms with Crippen LogP contribution in [-0.2, 0) is 0 Å². The van der Waals surface area contributed by atoms with Crippen molar-refractivity contribution >= 4 is 46.0 Å². The summed E-state index contributed by atoms with van der Waals surface area (Å²) in [6.07, 6.45) is 2.02. The lowest BCUT2D eigenvalue weighted by atomic mass is 10.3. The maximum absolute atomic E-state index is 10.6. The maximum atomic E-state index is 10.6. The van der Waals surface area contributed by atoms with Gasteiger partial charge in [0.05, 0.1) is 5.56 Å². The lowest BCUT2D eigenvalue weighted by molar-refractivity contribution is 0.0694. The number of rotatable bonds is 2. The molecule has 0 fully saturated rings. The fourth-order valence-electron chi connectivity index (χ4n) is 1.04. The zero-order valence-corrected chi connectivity index (χ0v) is 12.5. The predicted octanol–water partition coefficient (Wildman–Crippen LogP) is 0.924. The first-order chi connectivity index (χ1) is 10.2. The number of nitrogens with zero attached hydrogens (tertiary/aromatic N) is 2. The van der Waals surface area contributed by atoms with Crippen LogP contribution in [0.1, 0.15) is 20.7 Å². The van der Waals surface area contributed by atoms with Crippen LogP contribution in [0.5, 0.6) is 0 Å². The molecule has 0 saturated heterocycles. The first-order valence-electron chi connectivity index (χ1n) is 5.15. The van der Waals surface area contributed by atoms with Crippen LogP contribution in [-0.4, -0.2) is 36.3 Å². The molecular formula is C10H5Cl3N4O5. The zero-order valence-electron chi connectivity index (χ0n) is 10.3. The van der Waals surface area contributed by atoms with E-state index >= 15 is 0 Å². The van der Waals surface area contributed by atoms with Gasteiger partial charge in [0.25, 0.3) is 10.8 Å². The van der Waals surface area contributed by atoms with Crippen molar-refractivity contribution in [1.82, 2.24) is 19.9 Å². The third-order valence-corrected chi connectivity index (χ3v) is 2.65. The molecule has 0 aliphatic rings. The van der Waals surface area contributed by atoms with Gasteiger partial charge in [-0.3, -0.25) is 14.6 Å². The molecule has 0 saturated carbocycles. The van der Waals surface area contributed by atoms with E-state index in [4.69, 9.17) is 39.9 Å². The van der Waals surface area contributed by atoms with Crippen molar-refractivity contribution in [2.24, 2.45) is 0 Å². The number of carbonyl (C=O) groups excluding carboxylic acids is 1. The van der Waals surface area contributed by atoms with E-state index in [1.165, 1.54) is 6.20 Å². The maximum Gasteiger partial charge on any atom is 0.342 e. The third-order valence-electron chi connectivity index (χ3n) is 1.97. The summed E-state index contributed by atoms with van der Waals surface area (Å²) in [5.74, 6) is -1.37. The van der Waals surface area contributed by atoms with Gasteiger partial charge < -0.3 is 10.1 Å². The molecule has 2 heterocycles. The molecule has 9 nitrogen and oxygen atoms in total. The molecule has 0 aromatic carbocycles. The zero-order chi connectivity index (χ0) is 16.9. The second kappa shape index (κ2) is 7.69. The Bertz CT molecular complexity index is 832. The summed E-state index contributed by atoms with van der Waals surface area (Å²) >= 11 is 16.0. The summed E-state index contributed by atoms with van der Waals surface area (Å²) in [4.78, 5) is 52.6. The largest absolute Gasteiger partial charge is 0.477 e. The van der Waals surface area contributed by atoms with Crippen molar-refractivity contribution in [1.29, 1.82) is 0 Å². The van der Waals surface area contributed by atoms with E-state index in [0.29, 0.717) is 0 Å². The minimum Gasteiger partial charge on any atom is -0.477 e. The molecule has 12 heteroatoms. The minimum atomic E-state index is -1.37. The second-order valence-electron chi connectivity index (χ2n) is 3.41. The van der Waals surface area contributed by atoms with Crippen LogP contribution in [0, 0.1) is 0 Å². The van der Waals surface area contributed by atoms with Crippen LogP contribution in [0.25, 0.3) is 0 Å². The molecule has 2 aromatic heterocycles. The Hall–Kier alpha value is -2.23. The number of H-pyrrole nitrogens is 2. The van der Waals surface area contributed by atoms with Gasteiger partial charge >= 0.3 is 11.7 Å². The number of hydrogen-bond acceptors (Lipinski definition) is 6. The van der Waals surface area contributed by atoms with E-state index in [0.717, 1.165) is 6.20 Å². The Kier molecular flexibility index (Phi) is 6.23. The van der Waals surface area contributed by atoms with Gasteiger partial charge in [-0.15, -0.1) is 0 Å². The highest BCUT2D eigenvalue weighted by molar-refractivity contribution is 6.68. The van der Waals surface area contributed by atoms with Gasteiger partial charge in [-0.1, -0.05) is 11.6 Å². The van der Waals surface area contributed by atoms with Gasteiger partial charge in [-0.2, -0.15) is 0 Å². The van der Waals surface area contributed by atoms with Gasteiger partial charge in [-0.25, -0.2) is 19.6 Å². The lowest BCUT2D eigenvalue weighted by Gasteiger charge is -1.94. The van der Waals surface area contributed by atoms with Crippen LogP contribution in [0.15, 0.2) is 22.0 Å². The first kappa shape index (κ1) is 17.8. The van der Waals surface area contributed by atoms with Crippen molar-refractivity contribution in [3.63, 3.8) is 0 Å². The third kappa shape index (κ3) is 4.95. The average Bonchev–Trinajstić information content (AvgIpc) is 2.38. The number of aromatic carboxylic acids is 1. The van der Waals surface area contributed by atoms with Crippen LogP contribution >= 0.6 is 34.8 Å². The van der Waals surface area contributed by atoms with E-state index in [2.05, 4.69) is 9.97 Å². The molecule has 3 N–H and O–H groups in total. The number of aromatic nitrogens is 4. The number of carboxylic acid groups (broad SMARTS) is 1. The molecule has 0 bridgehead atoms. The number of halogens is 3. The minimum absolute atomic E-state index is 0.0170. The highest BCUT2D eigenvalue weighted by Gasteiger charge is 2.09. The lowest BCUT2D eigenvalue weighted by Crippen LogP contribution is -2.26. The molecule has 0 unspecified atom stereocenters. The van der Waals surface area contributed by atoms with Crippen molar-refractivity contribution in [2.75, 3.05) is 0 Å². The van der Waals surface area contributed by atoms with E-state index in [1.807, 2.05) is 4.98 Å². The highest BCUT2D eigenvalue weighted by atomic mass is 35.5. The van der Waals surface area contributed by atoms with Gasteiger partial charge in [-0.05, 0) is 23.2 Å². The topological polar surface area (TPSA) is 146 Å². The van der Waals surface area contributed by atoms with Gasteiger partial charge in [0.1, 0.15) is 10.7 Å². The van der Waals surface area contributed by atoms with Crippen molar-refractivity contribution < 1.29 is 14.7 Å². The Morgan fingerprint density at radius 2 is 1.82 bits per heavy atom. The number of hydrogen-bond donors (Lipinski definition) is 3. The first-order valence-corrected chi connectivity index (χ1v) is 6.29. The summed E-state index contributed by atoms with van der Waals surface area (Å²) in [5, 5.41) is 7.56. The monoisotopic (exact) mass is 366 g/mol. The van der Waals surface area contributed by atoms with Crippen LogP contribution < -0.4 is 11.2 Å². The fourth-order valence-corrected chi connectivity index (χ4v) is 1.62. The molecule has 2 aromatic rings. The Labute approximate surface area is 135 Å². The molecule has 0 amide bonds. The van der Waals surface area contributed by atoms with Crippen LogP contribution in [0.3, 0.4) is 0 Å². The summed E-state index contributed by atoms with van der Waals surface area (Å²) in [6.45, 7) is 0. The standard InChI is InChI=1S/C5HCl3N2O.C5H4N2O4/c6-3-2(4(7)11)1-9-5(8)10-3;8-3-2(4(9)10)1-6-5(11)7-3/h1H;1H,(H,9,10)(H2,6,7,8,11). The summed E-state index contributed by atoms with van der Waals surface area (Å²) in [7, 11) is 0. The van der Waals surface area contributed by atoms with Gasteiger partial charge in [0, 0.05) is 12.4 Å².